The monoisotopic (exact) mass is 194 g/mol. The predicted molar refractivity (Wildman–Crippen MR) is 49.9 cm³/mol. The molecule has 0 spiro atoms. The van der Waals surface area contributed by atoms with E-state index >= 15 is 0 Å². The Balaban J connectivity index is 3.15. The van der Waals surface area contributed by atoms with Gasteiger partial charge in [-0.15, -0.1) is 0 Å². The number of Topliss-reactive ketones (excluding diaryl/α,β-unsaturated/α-hetero) is 1. The van der Waals surface area contributed by atoms with E-state index in [-0.39, 0.29) is 11.5 Å². The first kappa shape index (κ1) is 9.65. The highest BCUT2D eigenvalue weighted by atomic mass is 35.5. The lowest BCUT2D eigenvalue weighted by Crippen LogP contribution is -2.12. The van der Waals surface area contributed by atoms with Crippen LogP contribution in [0.4, 0.5) is 0 Å². The molecular weight excluding hydrogens is 188 g/mol. The summed E-state index contributed by atoms with van der Waals surface area (Å²) in [7, 11) is 0. The van der Waals surface area contributed by atoms with Crippen LogP contribution >= 0.6 is 11.6 Å². The molecule has 0 aliphatic rings. The van der Waals surface area contributed by atoms with E-state index in [2.05, 4.69) is 4.79 Å². The van der Waals surface area contributed by atoms with Crippen molar-refractivity contribution in [3.05, 3.63) is 40.4 Å². The summed E-state index contributed by atoms with van der Waals surface area (Å²) in [6, 6.07) is 6.51. The summed E-state index contributed by atoms with van der Waals surface area (Å²) < 4.78 is 0. The zero-order chi connectivity index (χ0) is 9.84. The Morgan fingerprint density at radius 1 is 1.38 bits per heavy atom. The van der Waals surface area contributed by atoms with Crippen LogP contribution in [-0.2, 0) is 4.79 Å². The Kier molecular flexibility index (Phi) is 2.96. The molecule has 0 heterocycles. The number of carbonyl (C=O) groups excluding carboxylic acids is 1. The van der Waals surface area contributed by atoms with E-state index in [0.29, 0.717) is 10.6 Å². The quantitative estimate of drug-likeness (QED) is 0.403. The van der Waals surface area contributed by atoms with E-state index in [0.717, 1.165) is 0 Å². The van der Waals surface area contributed by atoms with Gasteiger partial charge in [0.15, 0.2) is 0 Å². The lowest BCUT2D eigenvalue weighted by Gasteiger charge is -1.92. The SMILES string of the molecule is CC(=O)C(=[N+]=[N-])c1ccc(Cl)cc1. The second-order valence-corrected chi connectivity index (χ2v) is 2.95. The van der Waals surface area contributed by atoms with Crippen molar-refractivity contribution in [1.29, 1.82) is 0 Å². The Labute approximate surface area is 80.6 Å². The summed E-state index contributed by atoms with van der Waals surface area (Å²) in [4.78, 5) is 13.8. The molecule has 0 saturated heterocycles. The maximum atomic E-state index is 10.9. The number of carbonyl (C=O) groups is 1. The maximum Gasteiger partial charge on any atom is 0.364 e. The van der Waals surface area contributed by atoms with Gasteiger partial charge >= 0.3 is 5.71 Å². The van der Waals surface area contributed by atoms with Crippen molar-refractivity contribution in [2.24, 2.45) is 0 Å². The Bertz CT molecular complexity index is 377. The summed E-state index contributed by atoms with van der Waals surface area (Å²) in [5, 5.41) is 0.574. The third-order valence-electron chi connectivity index (χ3n) is 1.55. The molecule has 1 aromatic rings. The van der Waals surface area contributed by atoms with Crippen molar-refractivity contribution >= 4 is 23.1 Å². The number of nitrogens with zero attached hydrogens (tertiary/aromatic N) is 2. The highest BCUT2D eigenvalue weighted by molar-refractivity contribution is 6.43. The summed E-state index contributed by atoms with van der Waals surface area (Å²) in [5.41, 5.74) is 9.15. The molecule has 1 rings (SSSR count). The van der Waals surface area contributed by atoms with Gasteiger partial charge in [-0.1, -0.05) is 11.6 Å². The van der Waals surface area contributed by atoms with Crippen LogP contribution in [0.15, 0.2) is 24.3 Å². The van der Waals surface area contributed by atoms with Gasteiger partial charge in [0.25, 0.3) is 0 Å². The highest BCUT2D eigenvalue weighted by Crippen LogP contribution is 2.09. The number of hydrogen-bond donors (Lipinski definition) is 0. The van der Waals surface area contributed by atoms with Gasteiger partial charge in [0.2, 0.25) is 5.78 Å². The molecule has 66 valence electrons. The summed E-state index contributed by atoms with van der Waals surface area (Å²) >= 11 is 5.65. The molecule has 0 fully saturated rings. The topological polar surface area (TPSA) is 53.5 Å². The van der Waals surface area contributed by atoms with Crippen LogP contribution in [0.25, 0.3) is 5.53 Å². The second kappa shape index (κ2) is 3.99. The molecule has 0 amide bonds. The van der Waals surface area contributed by atoms with Gasteiger partial charge in [0.05, 0.1) is 5.56 Å². The molecule has 0 aliphatic heterocycles. The minimum absolute atomic E-state index is 0.0386. The smallest absolute Gasteiger partial charge is 0.361 e. The second-order valence-electron chi connectivity index (χ2n) is 2.51. The lowest BCUT2D eigenvalue weighted by molar-refractivity contribution is -0.115. The molecule has 0 aliphatic carbocycles. The fraction of sp³-hybridized carbons (Fsp3) is 0.111. The minimum Gasteiger partial charge on any atom is -0.361 e. The lowest BCUT2D eigenvalue weighted by atomic mass is 10.1. The average Bonchev–Trinajstić information content (AvgIpc) is 2.09. The summed E-state index contributed by atoms with van der Waals surface area (Å²) in [6.45, 7) is 1.34. The fourth-order valence-corrected chi connectivity index (χ4v) is 1.07. The molecule has 3 nitrogen and oxygen atoms in total. The molecule has 0 aromatic heterocycles. The summed E-state index contributed by atoms with van der Waals surface area (Å²) in [5.74, 6) is -0.287. The molecule has 4 heteroatoms. The minimum atomic E-state index is -0.287. The van der Waals surface area contributed by atoms with Crippen molar-refractivity contribution in [1.82, 2.24) is 0 Å². The van der Waals surface area contributed by atoms with Crippen LogP contribution in [0, 0.1) is 0 Å². The number of halogens is 1. The Morgan fingerprint density at radius 3 is 2.31 bits per heavy atom. The molecule has 0 saturated carbocycles. The molecule has 0 unspecified atom stereocenters. The van der Waals surface area contributed by atoms with Gasteiger partial charge in [-0.05, 0) is 24.3 Å². The van der Waals surface area contributed by atoms with Crippen LogP contribution < -0.4 is 0 Å². The Morgan fingerprint density at radius 2 is 1.92 bits per heavy atom. The van der Waals surface area contributed by atoms with Crippen molar-refractivity contribution in [3.8, 4) is 0 Å². The molecule has 0 N–H and O–H groups in total. The number of benzene rings is 1. The van der Waals surface area contributed by atoms with Crippen LogP contribution in [0.1, 0.15) is 12.5 Å². The van der Waals surface area contributed by atoms with E-state index in [1.54, 1.807) is 24.3 Å². The van der Waals surface area contributed by atoms with E-state index < -0.39 is 0 Å². The molecule has 0 bridgehead atoms. The third kappa shape index (κ3) is 2.25. The average molecular weight is 195 g/mol. The van der Waals surface area contributed by atoms with Crippen molar-refractivity contribution in [3.63, 3.8) is 0 Å². The molecule has 1 aromatic carbocycles. The van der Waals surface area contributed by atoms with Gasteiger partial charge in [-0.3, -0.25) is 4.79 Å². The van der Waals surface area contributed by atoms with E-state index in [1.807, 2.05) is 0 Å². The van der Waals surface area contributed by atoms with Crippen molar-refractivity contribution in [2.75, 3.05) is 0 Å². The van der Waals surface area contributed by atoms with E-state index in [9.17, 15) is 4.79 Å². The van der Waals surface area contributed by atoms with Gasteiger partial charge in [0, 0.05) is 11.9 Å². The van der Waals surface area contributed by atoms with Gasteiger partial charge in [-0.2, -0.15) is 4.79 Å². The molecular formula is C9H7ClN2O. The van der Waals surface area contributed by atoms with Gasteiger partial charge in [-0.25, -0.2) is 0 Å². The van der Waals surface area contributed by atoms with Crippen molar-refractivity contribution < 1.29 is 9.58 Å². The van der Waals surface area contributed by atoms with Crippen LogP contribution in [-0.4, -0.2) is 16.3 Å². The number of rotatable bonds is 2. The zero-order valence-electron chi connectivity index (χ0n) is 6.99. The van der Waals surface area contributed by atoms with E-state index in [1.165, 1.54) is 6.92 Å². The molecule has 0 radical (unpaired) electrons. The Hall–Kier alpha value is -1.44. The van der Waals surface area contributed by atoms with Crippen LogP contribution in [0.3, 0.4) is 0 Å². The third-order valence-corrected chi connectivity index (χ3v) is 1.80. The zero-order valence-corrected chi connectivity index (χ0v) is 7.75. The predicted octanol–water partition coefficient (Wildman–Crippen LogP) is 1.95. The fourth-order valence-electron chi connectivity index (χ4n) is 0.939. The van der Waals surface area contributed by atoms with E-state index in [4.69, 9.17) is 17.1 Å². The normalized spacial score (nSPS) is 9.08. The van der Waals surface area contributed by atoms with Crippen LogP contribution in [0.2, 0.25) is 5.02 Å². The molecule has 13 heavy (non-hydrogen) atoms. The first-order chi connectivity index (χ1) is 6.15. The van der Waals surface area contributed by atoms with Gasteiger partial charge in [0.1, 0.15) is 0 Å². The standard InChI is InChI=1S/C9H7ClN2O/c1-6(13)9(12-11)7-2-4-8(10)5-3-7/h2-5H,1H3. The largest absolute Gasteiger partial charge is 0.364 e. The first-order valence-electron chi connectivity index (χ1n) is 3.64. The maximum absolute atomic E-state index is 10.9. The van der Waals surface area contributed by atoms with Crippen molar-refractivity contribution in [2.45, 2.75) is 6.92 Å². The molecule has 0 atom stereocenters. The van der Waals surface area contributed by atoms with Crippen LogP contribution in [0.5, 0.6) is 0 Å². The first-order valence-corrected chi connectivity index (χ1v) is 4.02. The number of hydrogen-bond acceptors (Lipinski definition) is 1. The van der Waals surface area contributed by atoms with Gasteiger partial charge < -0.3 is 5.53 Å². The summed E-state index contributed by atoms with van der Waals surface area (Å²) in [6.07, 6.45) is 0. The number of ketones is 1. The highest BCUT2D eigenvalue weighted by Gasteiger charge is 2.16.